The molecule has 1 unspecified atom stereocenters. The number of hydrogen-bond donors (Lipinski definition) is 3. The van der Waals surface area contributed by atoms with Gasteiger partial charge < -0.3 is 20.5 Å². The van der Waals surface area contributed by atoms with Crippen molar-refractivity contribution in [2.45, 2.75) is 32.4 Å². The summed E-state index contributed by atoms with van der Waals surface area (Å²) in [7, 11) is 1.57. The lowest BCUT2D eigenvalue weighted by Crippen LogP contribution is -2.36. The Bertz CT molecular complexity index is 440. The van der Waals surface area contributed by atoms with Crippen LogP contribution in [0.25, 0.3) is 0 Å². The number of ether oxygens (including phenoxy) is 1. The summed E-state index contributed by atoms with van der Waals surface area (Å²) in [5.74, 6) is 0. The lowest BCUT2D eigenvalue weighted by Gasteiger charge is -2.16. The molecule has 0 aliphatic carbocycles. The zero-order valence-electron chi connectivity index (χ0n) is 11.8. The third-order valence-electron chi connectivity index (χ3n) is 2.83. The predicted molar refractivity (Wildman–Crippen MR) is 80.1 cm³/mol. The van der Waals surface area contributed by atoms with E-state index in [0.29, 0.717) is 23.7 Å². The maximum Gasteiger partial charge on any atom is 0.319 e. The van der Waals surface area contributed by atoms with Gasteiger partial charge in [-0.25, -0.2) is 4.79 Å². The van der Waals surface area contributed by atoms with Gasteiger partial charge in [0.15, 0.2) is 0 Å². The van der Waals surface area contributed by atoms with E-state index >= 15 is 0 Å². The van der Waals surface area contributed by atoms with Gasteiger partial charge in [0.2, 0.25) is 0 Å². The minimum atomic E-state index is -0.296. The second-order valence-electron chi connectivity index (χ2n) is 4.56. The van der Waals surface area contributed by atoms with E-state index in [2.05, 4.69) is 10.6 Å². The molecule has 5 nitrogen and oxygen atoms in total. The van der Waals surface area contributed by atoms with Crippen molar-refractivity contribution in [2.24, 2.45) is 0 Å². The fraction of sp³-hybridized carbons (Fsp3) is 0.500. The van der Waals surface area contributed by atoms with Crippen LogP contribution in [-0.2, 0) is 11.3 Å². The van der Waals surface area contributed by atoms with Crippen LogP contribution in [0.4, 0.5) is 10.5 Å². The number of hydrogen-bond acceptors (Lipinski definition) is 3. The van der Waals surface area contributed by atoms with Crippen molar-refractivity contribution < 1.29 is 14.6 Å². The van der Waals surface area contributed by atoms with E-state index in [4.69, 9.17) is 21.4 Å². The van der Waals surface area contributed by atoms with Gasteiger partial charge in [0.1, 0.15) is 0 Å². The summed E-state index contributed by atoms with van der Waals surface area (Å²) in [6, 6.07) is 5.00. The van der Waals surface area contributed by atoms with Crippen molar-refractivity contribution in [3.05, 3.63) is 28.8 Å². The van der Waals surface area contributed by atoms with Gasteiger partial charge >= 0.3 is 6.03 Å². The predicted octanol–water partition coefficient (Wildman–Crippen LogP) is 2.77. The van der Waals surface area contributed by atoms with Gasteiger partial charge in [-0.2, -0.15) is 0 Å². The van der Waals surface area contributed by atoms with Crippen molar-refractivity contribution in [1.29, 1.82) is 0 Å². The Morgan fingerprint density at radius 1 is 1.50 bits per heavy atom. The molecule has 0 aliphatic rings. The number of benzene rings is 1. The number of halogens is 1. The Hall–Kier alpha value is -1.30. The number of carbonyl (C=O) groups is 1. The minimum absolute atomic E-state index is 0.00721. The molecule has 6 heteroatoms. The number of rotatable bonds is 7. The van der Waals surface area contributed by atoms with Crippen LogP contribution in [0.3, 0.4) is 0 Å². The molecule has 0 saturated carbocycles. The Morgan fingerprint density at radius 3 is 2.90 bits per heavy atom. The number of nitrogens with one attached hydrogen (secondary N) is 2. The first-order valence-corrected chi connectivity index (χ1v) is 6.91. The highest BCUT2D eigenvalue weighted by atomic mass is 35.5. The summed E-state index contributed by atoms with van der Waals surface area (Å²) < 4.78 is 5.08. The molecule has 2 amide bonds. The molecule has 1 atom stereocenters. The molecule has 1 rings (SSSR count). The average Bonchev–Trinajstić information content (AvgIpc) is 2.40. The molecule has 0 spiro atoms. The summed E-state index contributed by atoms with van der Waals surface area (Å²) in [5.41, 5.74) is 1.38. The van der Waals surface area contributed by atoms with E-state index in [-0.39, 0.29) is 18.7 Å². The average molecular weight is 301 g/mol. The van der Waals surface area contributed by atoms with Gasteiger partial charge in [-0.3, -0.25) is 0 Å². The minimum Gasteiger partial charge on any atom is -0.396 e. The number of aliphatic hydroxyl groups excluding tert-OH is 1. The highest BCUT2D eigenvalue weighted by Crippen LogP contribution is 2.25. The van der Waals surface area contributed by atoms with Crippen LogP contribution >= 0.6 is 11.6 Å². The van der Waals surface area contributed by atoms with E-state index in [1.807, 2.05) is 6.92 Å². The number of anilines is 1. The number of amides is 2. The Morgan fingerprint density at radius 2 is 2.25 bits per heavy atom. The first kappa shape index (κ1) is 16.8. The van der Waals surface area contributed by atoms with Crippen LogP contribution in [0.2, 0.25) is 5.02 Å². The van der Waals surface area contributed by atoms with E-state index in [9.17, 15) is 4.79 Å². The van der Waals surface area contributed by atoms with Gasteiger partial charge in [0.05, 0.1) is 6.61 Å². The molecule has 0 aromatic heterocycles. The first-order chi connectivity index (χ1) is 9.58. The van der Waals surface area contributed by atoms with Crippen LogP contribution in [0.1, 0.15) is 25.3 Å². The monoisotopic (exact) mass is 300 g/mol. The van der Waals surface area contributed by atoms with E-state index < -0.39 is 0 Å². The first-order valence-electron chi connectivity index (χ1n) is 6.53. The SMILES string of the molecule is COCc1c(Cl)cccc1NC(=O)NC(C)CCCO. The normalized spacial score (nSPS) is 12.0. The summed E-state index contributed by atoms with van der Waals surface area (Å²) >= 11 is 6.09. The highest BCUT2D eigenvalue weighted by Gasteiger charge is 2.11. The van der Waals surface area contributed by atoms with Crippen LogP contribution in [-0.4, -0.2) is 30.9 Å². The second kappa shape index (κ2) is 8.79. The van der Waals surface area contributed by atoms with Gasteiger partial charge in [0.25, 0.3) is 0 Å². The molecule has 3 N–H and O–H groups in total. The molecular weight excluding hydrogens is 280 g/mol. The quantitative estimate of drug-likeness (QED) is 0.725. The maximum atomic E-state index is 11.9. The van der Waals surface area contributed by atoms with Crippen LogP contribution < -0.4 is 10.6 Å². The Labute approximate surface area is 124 Å². The van der Waals surface area contributed by atoms with Gasteiger partial charge in [-0.05, 0) is 31.9 Å². The summed E-state index contributed by atoms with van der Waals surface area (Å²) in [5, 5.41) is 14.9. The van der Waals surface area contributed by atoms with E-state index in [1.54, 1.807) is 25.3 Å². The third-order valence-corrected chi connectivity index (χ3v) is 3.18. The molecule has 0 saturated heterocycles. The molecule has 20 heavy (non-hydrogen) atoms. The van der Waals surface area contributed by atoms with Gasteiger partial charge in [0, 0.05) is 36.0 Å². The van der Waals surface area contributed by atoms with Crippen molar-refractivity contribution >= 4 is 23.3 Å². The molecule has 112 valence electrons. The number of urea groups is 1. The Kier molecular flexibility index (Phi) is 7.36. The van der Waals surface area contributed by atoms with Crippen molar-refractivity contribution in [1.82, 2.24) is 5.32 Å². The van der Waals surface area contributed by atoms with Crippen molar-refractivity contribution in [3.63, 3.8) is 0 Å². The molecule has 1 aromatic rings. The fourth-order valence-corrected chi connectivity index (χ4v) is 2.05. The van der Waals surface area contributed by atoms with Crippen molar-refractivity contribution in [3.8, 4) is 0 Å². The van der Waals surface area contributed by atoms with Gasteiger partial charge in [-0.1, -0.05) is 17.7 Å². The summed E-state index contributed by atoms with van der Waals surface area (Å²) in [4.78, 5) is 11.9. The van der Waals surface area contributed by atoms with Crippen LogP contribution in [0.5, 0.6) is 0 Å². The van der Waals surface area contributed by atoms with Crippen LogP contribution in [0.15, 0.2) is 18.2 Å². The van der Waals surface area contributed by atoms with Gasteiger partial charge in [-0.15, -0.1) is 0 Å². The zero-order chi connectivity index (χ0) is 15.0. The number of carbonyl (C=O) groups excluding carboxylic acids is 1. The lowest BCUT2D eigenvalue weighted by molar-refractivity contribution is 0.185. The molecule has 0 aliphatic heterocycles. The largest absolute Gasteiger partial charge is 0.396 e. The molecule has 0 bridgehead atoms. The molecule has 0 fully saturated rings. The maximum absolute atomic E-state index is 11.9. The molecular formula is C14H21ClN2O3. The topological polar surface area (TPSA) is 70.6 Å². The smallest absolute Gasteiger partial charge is 0.319 e. The Balaban J connectivity index is 2.63. The molecule has 0 radical (unpaired) electrons. The van der Waals surface area contributed by atoms with E-state index in [1.165, 1.54) is 0 Å². The fourth-order valence-electron chi connectivity index (χ4n) is 1.82. The summed E-state index contributed by atoms with van der Waals surface area (Å²) in [6.07, 6.45) is 1.39. The lowest BCUT2D eigenvalue weighted by atomic mass is 10.2. The summed E-state index contributed by atoms with van der Waals surface area (Å²) in [6.45, 7) is 2.35. The third kappa shape index (κ3) is 5.36. The number of methoxy groups -OCH3 is 1. The number of aliphatic hydroxyl groups is 1. The molecule has 0 heterocycles. The zero-order valence-corrected chi connectivity index (χ0v) is 12.5. The highest BCUT2D eigenvalue weighted by molar-refractivity contribution is 6.31. The second-order valence-corrected chi connectivity index (χ2v) is 4.97. The molecule has 1 aromatic carbocycles. The van der Waals surface area contributed by atoms with Crippen molar-refractivity contribution in [2.75, 3.05) is 19.0 Å². The standard InChI is InChI=1S/C14H21ClN2O3/c1-10(5-4-8-18)16-14(19)17-13-7-3-6-12(15)11(13)9-20-2/h3,6-7,10,18H,4-5,8-9H2,1-2H3,(H2,16,17,19). The van der Waals surface area contributed by atoms with Crippen LogP contribution in [0, 0.1) is 0 Å². The van der Waals surface area contributed by atoms with E-state index in [0.717, 1.165) is 12.0 Å².